The zero-order valence-corrected chi connectivity index (χ0v) is 11.1. The van der Waals surface area contributed by atoms with Gasteiger partial charge >= 0.3 is 5.97 Å². The number of nitrogens with one attached hydrogen (secondary N) is 1. The second-order valence-corrected chi connectivity index (χ2v) is 6.43. The lowest BCUT2D eigenvalue weighted by molar-refractivity contribution is -0.154. The van der Waals surface area contributed by atoms with Crippen LogP contribution < -0.4 is 5.32 Å². The van der Waals surface area contributed by atoms with Crippen LogP contribution in [0.25, 0.3) is 0 Å². The first-order valence-corrected chi connectivity index (χ1v) is 6.99. The molecule has 17 heavy (non-hydrogen) atoms. The van der Waals surface area contributed by atoms with E-state index in [1.807, 2.05) is 0 Å². The highest BCUT2D eigenvalue weighted by atomic mass is 16.4. The Morgan fingerprint density at radius 3 is 2.24 bits per heavy atom. The van der Waals surface area contributed by atoms with E-state index in [-0.39, 0.29) is 5.41 Å². The lowest BCUT2D eigenvalue weighted by atomic mass is 9.62. The normalized spacial score (nSPS) is 33.8. The summed E-state index contributed by atoms with van der Waals surface area (Å²) in [5.74, 6) is -0.644. The van der Waals surface area contributed by atoms with Gasteiger partial charge in [0.25, 0.3) is 0 Å². The van der Waals surface area contributed by atoms with E-state index in [9.17, 15) is 9.90 Å². The molecule has 2 aliphatic rings. The lowest BCUT2D eigenvalue weighted by Crippen LogP contribution is -2.65. The number of hydrogen-bond acceptors (Lipinski definition) is 2. The zero-order chi connectivity index (χ0) is 12.5. The summed E-state index contributed by atoms with van der Waals surface area (Å²) in [4.78, 5) is 11.8. The molecule has 3 heteroatoms. The van der Waals surface area contributed by atoms with Gasteiger partial charge in [0, 0.05) is 6.04 Å². The van der Waals surface area contributed by atoms with E-state index in [4.69, 9.17) is 0 Å². The van der Waals surface area contributed by atoms with Crippen LogP contribution in [0.1, 0.15) is 65.2 Å². The van der Waals surface area contributed by atoms with Crippen LogP contribution >= 0.6 is 0 Å². The molecule has 0 aliphatic heterocycles. The summed E-state index contributed by atoms with van der Waals surface area (Å²) in [6.45, 7) is 4.23. The molecule has 0 aromatic rings. The molecule has 0 amide bonds. The third kappa shape index (κ3) is 2.22. The quantitative estimate of drug-likeness (QED) is 0.796. The standard InChI is InChI=1S/C14H25NO2/c1-13(2)9-5-6-10-14(13,12(16)17)15-11-7-3-4-8-11/h11,15H,3-10H2,1-2H3,(H,16,17). The number of aliphatic carboxylic acids is 1. The fourth-order valence-electron chi connectivity index (χ4n) is 3.65. The predicted molar refractivity (Wildman–Crippen MR) is 68.0 cm³/mol. The summed E-state index contributed by atoms with van der Waals surface area (Å²) in [7, 11) is 0. The van der Waals surface area contributed by atoms with Gasteiger partial charge < -0.3 is 5.11 Å². The highest BCUT2D eigenvalue weighted by molar-refractivity contribution is 5.80. The summed E-state index contributed by atoms with van der Waals surface area (Å²) >= 11 is 0. The number of hydrogen-bond donors (Lipinski definition) is 2. The van der Waals surface area contributed by atoms with Crippen molar-refractivity contribution in [3.05, 3.63) is 0 Å². The molecule has 0 aromatic heterocycles. The fraction of sp³-hybridized carbons (Fsp3) is 0.929. The van der Waals surface area contributed by atoms with Gasteiger partial charge in [0.05, 0.1) is 0 Å². The monoisotopic (exact) mass is 239 g/mol. The maximum Gasteiger partial charge on any atom is 0.324 e. The number of carboxylic acids is 1. The molecular weight excluding hydrogens is 214 g/mol. The minimum atomic E-state index is -0.694. The van der Waals surface area contributed by atoms with Crippen LogP contribution in [0.5, 0.6) is 0 Å². The Labute approximate surface area is 104 Å². The van der Waals surface area contributed by atoms with Crippen LogP contribution in [-0.4, -0.2) is 22.7 Å². The molecule has 0 aromatic carbocycles. The first kappa shape index (κ1) is 12.9. The molecule has 2 aliphatic carbocycles. The molecule has 2 fully saturated rings. The number of carboxylic acid groups (broad SMARTS) is 1. The topological polar surface area (TPSA) is 49.3 Å². The van der Waals surface area contributed by atoms with Crippen molar-refractivity contribution in [3.63, 3.8) is 0 Å². The highest BCUT2D eigenvalue weighted by Crippen LogP contribution is 2.45. The van der Waals surface area contributed by atoms with Crippen molar-refractivity contribution in [1.82, 2.24) is 5.32 Å². The summed E-state index contributed by atoms with van der Waals surface area (Å²) in [6, 6.07) is 0.420. The molecule has 3 nitrogen and oxygen atoms in total. The molecule has 98 valence electrons. The van der Waals surface area contributed by atoms with E-state index >= 15 is 0 Å². The first-order valence-electron chi connectivity index (χ1n) is 6.99. The predicted octanol–water partition coefficient (Wildman–Crippen LogP) is 2.94. The van der Waals surface area contributed by atoms with E-state index < -0.39 is 11.5 Å². The molecule has 0 spiro atoms. The zero-order valence-electron chi connectivity index (χ0n) is 11.1. The van der Waals surface area contributed by atoms with Crippen molar-refractivity contribution in [1.29, 1.82) is 0 Å². The molecule has 2 rings (SSSR count). The van der Waals surface area contributed by atoms with Crippen molar-refractivity contribution in [2.75, 3.05) is 0 Å². The minimum absolute atomic E-state index is 0.139. The third-order valence-corrected chi connectivity index (χ3v) is 4.93. The number of rotatable bonds is 3. The molecule has 2 saturated carbocycles. The first-order chi connectivity index (χ1) is 7.98. The maximum atomic E-state index is 11.8. The summed E-state index contributed by atoms with van der Waals surface area (Å²) < 4.78 is 0. The SMILES string of the molecule is CC1(C)CCCCC1(NC1CCCC1)C(=O)O. The summed E-state index contributed by atoms with van der Waals surface area (Å²) in [5.41, 5.74) is -0.833. The molecular formula is C14H25NO2. The Hall–Kier alpha value is -0.570. The lowest BCUT2D eigenvalue weighted by Gasteiger charge is -2.49. The van der Waals surface area contributed by atoms with Crippen molar-refractivity contribution in [2.24, 2.45) is 5.41 Å². The Morgan fingerprint density at radius 2 is 1.71 bits per heavy atom. The van der Waals surface area contributed by atoms with Crippen molar-refractivity contribution in [2.45, 2.75) is 76.8 Å². The van der Waals surface area contributed by atoms with E-state index in [1.54, 1.807) is 0 Å². The number of carbonyl (C=O) groups is 1. The smallest absolute Gasteiger partial charge is 0.324 e. The molecule has 0 heterocycles. The van der Waals surface area contributed by atoms with Crippen molar-refractivity contribution >= 4 is 5.97 Å². The van der Waals surface area contributed by atoms with Gasteiger partial charge in [-0.3, -0.25) is 10.1 Å². The Bertz CT molecular complexity index is 295. The molecule has 1 atom stereocenters. The highest BCUT2D eigenvalue weighted by Gasteiger charge is 2.53. The molecule has 0 saturated heterocycles. The second kappa shape index (κ2) is 4.60. The second-order valence-electron chi connectivity index (χ2n) is 6.43. The van der Waals surface area contributed by atoms with Crippen LogP contribution in [-0.2, 0) is 4.79 Å². The average Bonchev–Trinajstić information content (AvgIpc) is 2.73. The van der Waals surface area contributed by atoms with Crippen molar-refractivity contribution in [3.8, 4) is 0 Å². The third-order valence-electron chi connectivity index (χ3n) is 4.93. The average molecular weight is 239 g/mol. The van der Waals surface area contributed by atoms with Gasteiger partial charge in [-0.2, -0.15) is 0 Å². The summed E-state index contributed by atoms with van der Waals surface area (Å²) in [5, 5.41) is 13.2. The minimum Gasteiger partial charge on any atom is -0.480 e. The van der Waals surface area contributed by atoms with Gasteiger partial charge in [0.1, 0.15) is 5.54 Å². The fourth-order valence-corrected chi connectivity index (χ4v) is 3.65. The molecule has 2 N–H and O–H groups in total. The van der Waals surface area contributed by atoms with Gasteiger partial charge in [-0.05, 0) is 31.1 Å². The van der Waals surface area contributed by atoms with Crippen LogP contribution in [0.3, 0.4) is 0 Å². The van der Waals surface area contributed by atoms with E-state index in [0.717, 1.165) is 38.5 Å². The van der Waals surface area contributed by atoms with Gasteiger partial charge in [-0.15, -0.1) is 0 Å². The van der Waals surface area contributed by atoms with Crippen molar-refractivity contribution < 1.29 is 9.90 Å². The van der Waals surface area contributed by atoms with E-state index in [1.165, 1.54) is 12.8 Å². The van der Waals surface area contributed by atoms with Crippen LogP contribution in [0, 0.1) is 5.41 Å². The Morgan fingerprint density at radius 1 is 1.12 bits per heavy atom. The van der Waals surface area contributed by atoms with E-state index in [0.29, 0.717) is 6.04 Å². The molecule has 0 bridgehead atoms. The van der Waals surface area contributed by atoms with Gasteiger partial charge in [-0.1, -0.05) is 39.5 Å². The van der Waals surface area contributed by atoms with E-state index in [2.05, 4.69) is 19.2 Å². The van der Waals surface area contributed by atoms with Gasteiger partial charge in [0.15, 0.2) is 0 Å². The Kier molecular flexibility index (Phi) is 3.48. The van der Waals surface area contributed by atoms with Gasteiger partial charge in [-0.25, -0.2) is 0 Å². The summed E-state index contributed by atoms with van der Waals surface area (Å²) in [6.07, 6.45) is 8.77. The molecule has 1 unspecified atom stereocenters. The Balaban J connectivity index is 2.20. The van der Waals surface area contributed by atoms with Gasteiger partial charge in [0.2, 0.25) is 0 Å². The van der Waals surface area contributed by atoms with Crippen LogP contribution in [0.15, 0.2) is 0 Å². The maximum absolute atomic E-state index is 11.8. The molecule has 0 radical (unpaired) electrons. The van der Waals surface area contributed by atoms with Crippen LogP contribution in [0.4, 0.5) is 0 Å². The largest absolute Gasteiger partial charge is 0.480 e. The van der Waals surface area contributed by atoms with Crippen LogP contribution in [0.2, 0.25) is 0 Å².